The fourth-order valence-electron chi connectivity index (χ4n) is 3.14. The van der Waals surface area contributed by atoms with E-state index in [9.17, 15) is 22.8 Å². The predicted octanol–water partition coefficient (Wildman–Crippen LogP) is 1.76. The van der Waals surface area contributed by atoms with E-state index in [0.717, 1.165) is 17.5 Å². The van der Waals surface area contributed by atoms with Crippen molar-refractivity contribution in [3.8, 4) is 0 Å². The van der Waals surface area contributed by atoms with Crippen LogP contribution in [0.2, 0.25) is 0 Å². The van der Waals surface area contributed by atoms with Gasteiger partial charge in [-0.05, 0) is 48.4 Å². The van der Waals surface area contributed by atoms with Gasteiger partial charge in [0.25, 0.3) is 5.91 Å². The van der Waals surface area contributed by atoms with Crippen LogP contribution in [0.15, 0.2) is 42.5 Å². The lowest BCUT2D eigenvalue weighted by Crippen LogP contribution is -2.25. The van der Waals surface area contributed by atoms with Gasteiger partial charge < -0.3 is 15.0 Å². The highest BCUT2D eigenvalue weighted by Crippen LogP contribution is 2.30. The monoisotopic (exact) mass is 431 g/mol. The number of benzene rings is 2. The van der Waals surface area contributed by atoms with Gasteiger partial charge in [0.1, 0.15) is 0 Å². The van der Waals surface area contributed by atoms with E-state index >= 15 is 0 Å². The molecule has 0 unspecified atom stereocenters. The summed E-state index contributed by atoms with van der Waals surface area (Å²) in [4.78, 5) is 37.6. The molecule has 1 heterocycles. The molecule has 2 amide bonds. The number of carbonyl (C=O) groups excluding carboxylic acids is 3. The Labute approximate surface area is 174 Å². The second kappa shape index (κ2) is 8.54. The van der Waals surface area contributed by atoms with Gasteiger partial charge in [-0.1, -0.05) is 6.07 Å². The molecule has 0 atom stereocenters. The van der Waals surface area contributed by atoms with E-state index in [1.807, 2.05) is 0 Å². The van der Waals surface area contributed by atoms with Crippen molar-refractivity contribution >= 4 is 44.9 Å². The molecule has 2 aromatic carbocycles. The van der Waals surface area contributed by atoms with Gasteiger partial charge >= 0.3 is 5.97 Å². The number of sulfonamides is 1. The first-order valence-corrected chi connectivity index (χ1v) is 11.0. The van der Waals surface area contributed by atoms with E-state index in [1.54, 1.807) is 23.1 Å². The molecule has 2 aromatic rings. The van der Waals surface area contributed by atoms with E-state index in [0.29, 0.717) is 18.7 Å². The predicted molar refractivity (Wildman–Crippen MR) is 112 cm³/mol. The summed E-state index contributed by atoms with van der Waals surface area (Å²) >= 11 is 0. The van der Waals surface area contributed by atoms with Crippen LogP contribution in [0.5, 0.6) is 0 Å². The number of amides is 2. The highest BCUT2D eigenvalue weighted by Gasteiger charge is 2.22. The fourth-order valence-corrected chi connectivity index (χ4v) is 3.70. The molecule has 0 aliphatic carbocycles. The van der Waals surface area contributed by atoms with Crippen LogP contribution in [0, 0.1) is 0 Å². The quantitative estimate of drug-likeness (QED) is 0.672. The smallest absolute Gasteiger partial charge is 0.338 e. The van der Waals surface area contributed by atoms with Crippen LogP contribution in [0.1, 0.15) is 22.8 Å². The topological polar surface area (TPSA) is 122 Å². The van der Waals surface area contributed by atoms with E-state index in [2.05, 4.69) is 10.0 Å². The minimum Gasteiger partial charge on any atom is -0.452 e. The third-order valence-electron chi connectivity index (χ3n) is 4.37. The van der Waals surface area contributed by atoms with Gasteiger partial charge in [0, 0.05) is 30.5 Å². The van der Waals surface area contributed by atoms with Crippen LogP contribution in [-0.4, -0.2) is 45.6 Å². The molecule has 1 aliphatic heterocycles. The summed E-state index contributed by atoms with van der Waals surface area (Å²) in [6, 6.07) is 11.0. The second-order valence-electron chi connectivity index (χ2n) is 6.84. The molecule has 158 valence electrons. The lowest BCUT2D eigenvalue weighted by atomic mass is 10.1. The van der Waals surface area contributed by atoms with E-state index < -0.39 is 28.5 Å². The first kappa shape index (κ1) is 21.3. The van der Waals surface area contributed by atoms with Gasteiger partial charge in [-0.15, -0.1) is 0 Å². The highest BCUT2D eigenvalue weighted by molar-refractivity contribution is 7.92. The van der Waals surface area contributed by atoms with Gasteiger partial charge in [-0.3, -0.25) is 14.3 Å². The number of carbonyl (C=O) groups is 3. The molecule has 0 bridgehead atoms. The summed E-state index contributed by atoms with van der Waals surface area (Å²) in [6.07, 6.45) is 1.70. The molecule has 10 heteroatoms. The van der Waals surface area contributed by atoms with Crippen LogP contribution in [0.4, 0.5) is 17.1 Å². The van der Waals surface area contributed by atoms with Crippen molar-refractivity contribution in [2.75, 3.05) is 34.3 Å². The number of esters is 1. The zero-order valence-corrected chi connectivity index (χ0v) is 17.3. The Morgan fingerprint density at radius 2 is 1.87 bits per heavy atom. The molecule has 2 N–H and O–H groups in total. The van der Waals surface area contributed by atoms with Crippen LogP contribution >= 0.6 is 0 Å². The summed E-state index contributed by atoms with van der Waals surface area (Å²) in [5, 5.41) is 2.65. The van der Waals surface area contributed by atoms with Crippen molar-refractivity contribution in [3.05, 3.63) is 53.6 Å². The van der Waals surface area contributed by atoms with Crippen LogP contribution < -0.4 is 14.9 Å². The van der Waals surface area contributed by atoms with Crippen LogP contribution in [-0.2, 0) is 30.8 Å². The Hall–Kier alpha value is -3.40. The maximum absolute atomic E-state index is 12.2. The lowest BCUT2D eigenvalue weighted by Gasteiger charge is -2.15. The molecule has 1 aliphatic rings. The second-order valence-corrected chi connectivity index (χ2v) is 8.59. The summed E-state index contributed by atoms with van der Waals surface area (Å²) in [5.41, 5.74) is 2.65. The van der Waals surface area contributed by atoms with Crippen LogP contribution in [0.25, 0.3) is 0 Å². The average Bonchev–Trinajstić information content (AvgIpc) is 3.08. The number of rotatable bonds is 6. The number of fused-ring (bicyclic) bond motifs is 1. The minimum absolute atomic E-state index is 0.0340. The van der Waals surface area contributed by atoms with Crippen molar-refractivity contribution in [1.82, 2.24) is 0 Å². The normalized spacial score (nSPS) is 12.8. The highest BCUT2D eigenvalue weighted by atomic mass is 32.2. The van der Waals surface area contributed by atoms with E-state index in [-0.39, 0.29) is 17.2 Å². The Morgan fingerprint density at radius 1 is 1.10 bits per heavy atom. The van der Waals surface area contributed by atoms with Crippen molar-refractivity contribution < 1.29 is 27.5 Å². The van der Waals surface area contributed by atoms with Crippen molar-refractivity contribution in [2.45, 2.75) is 13.3 Å². The van der Waals surface area contributed by atoms with Crippen LogP contribution in [0.3, 0.4) is 0 Å². The van der Waals surface area contributed by atoms with Crippen molar-refractivity contribution in [2.24, 2.45) is 0 Å². The third kappa shape index (κ3) is 5.35. The lowest BCUT2D eigenvalue weighted by molar-refractivity contribution is -0.119. The molecule has 9 nitrogen and oxygen atoms in total. The molecular weight excluding hydrogens is 410 g/mol. The summed E-state index contributed by atoms with van der Waals surface area (Å²) in [7, 11) is -3.48. The van der Waals surface area contributed by atoms with Crippen molar-refractivity contribution in [3.63, 3.8) is 0 Å². The maximum Gasteiger partial charge on any atom is 0.338 e. The summed E-state index contributed by atoms with van der Waals surface area (Å²) < 4.78 is 29.9. The van der Waals surface area contributed by atoms with Gasteiger partial charge in [-0.25, -0.2) is 13.2 Å². The minimum atomic E-state index is -3.48. The van der Waals surface area contributed by atoms with E-state index in [1.165, 1.54) is 31.2 Å². The molecule has 3 rings (SSSR count). The van der Waals surface area contributed by atoms with E-state index in [4.69, 9.17) is 4.74 Å². The maximum atomic E-state index is 12.2. The summed E-state index contributed by atoms with van der Waals surface area (Å²) in [5.74, 6) is -1.31. The Balaban J connectivity index is 1.57. The van der Waals surface area contributed by atoms with Gasteiger partial charge in [0.2, 0.25) is 15.9 Å². The number of nitrogens with zero attached hydrogens (tertiary/aromatic N) is 1. The number of hydrogen-bond acceptors (Lipinski definition) is 6. The number of hydrogen-bond donors (Lipinski definition) is 2. The standard InChI is InChI=1S/C20H21N3O6S/c1-13(24)23-9-8-14-10-16(6-7-18(14)23)21-19(25)12-29-20(26)15-4-3-5-17(11-15)22-30(2,27)28/h3-7,10-11,22H,8-9,12H2,1-2H3,(H,21,25). The number of ether oxygens (including phenoxy) is 1. The Kier molecular flexibility index (Phi) is 6.06. The number of anilines is 3. The first-order chi connectivity index (χ1) is 14.1. The largest absolute Gasteiger partial charge is 0.452 e. The van der Waals surface area contributed by atoms with Crippen molar-refractivity contribution in [1.29, 1.82) is 0 Å². The molecular formula is C20H21N3O6S. The Morgan fingerprint density at radius 3 is 2.57 bits per heavy atom. The summed E-state index contributed by atoms with van der Waals surface area (Å²) in [6.45, 7) is 1.61. The molecule has 0 saturated heterocycles. The SMILES string of the molecule is CC(=O)N1CCc2cc(NC(=O)COC(=O)c3cccc(NS(C)(=O)=O)c3)ccc21. The molecule has 0 fully saturated rings. The third-order valence-corrected chi connectivity index (χ3v) is 4.98. The first-order valence-electron chi connectivity index (χ1n) is 9.08. The Bertz CT molecular complexity index is 1110. The van der Waals surface area contributed by atoms with Gasteiger partial charge in [-0.2, -0.15) is 0 Å². The zero-order chi connectivity index (χ0) is 21.9. The molecule has 0 spiro atoms. The molecule has 0 aromatic heterocycles. The van der Waals surface area contributed by atoms with Gasteiger partial charge in [0.15, 0.2) is 6.61 Å². The molecule has 0 saturated carbocycles. The molecule has 0 radical (unpaired) electrons. The molecule has 30 heavy (non-hydrogen) atoms. The average molecular weight is 431 g/mol. The zero-order valence-electron chi connectivity index (χ0n) is 16.5. The number of nitrogens with one attached hydrogen (secondary N) is 2. The van der Waals surface area contributed by atoms with Gasteiger partial charge in [0.05, 0.1) is 11.8 Å². The fraction of sp³-hybridized carbons (Fsp3) is 0.250.